The van der Waals surface area contributed by atoms with Gasteiger partial charge in [0.05, 0.1) is 6.10 Å². The normalized spacial score (nSPS) is 45.5. The Morgan fingerprint density at radius 2 is 1.79 bits per heavy atom. The van der Waals surface area contributed by atoms with Crippen molar-refractivity contribution in [1.29, 1.82) is 0 Å². The van der Waals surface area contributed by atoms with Crippen molar-refractivity contribution in [2.45, 2.75) is 112 Å². The Kier molecular flexibility index (Phi) is 6.25. The van der Waals surface area contributed by atoms with Crippen molar-refractivity contribution < 1.29 is 15.0 Å². The molecule has 3 heteroatoms. The van der Waals surface area contributed by atoms with Crippen LogP contribution in [0.15, 0.2) is 23.3 Å². The summed E-state index contributed by atoms with van der Waals surface area (Å²) in [5.74, 6) is 1.89. The lowest BCUT2D eigenvalue weighted by molar-refractivity contribution is -0.145. The second-order valence-corrected chi connectivity index (χ2v) is 13.5. The number of fused-ring (bicyclic) bond motifs is 5. The van der Waals surface area contributed by atoms with Crippen molar-refractivity contribution in [2.24, 2.45) is 45.3 Å². The fourth-order valence-electron chi connectivity index (χ4n) is 9.48. The molecule has 2 N–H and O–H groups in total. The minimum Gasteiger partial charge on any atom is -0.478 e. The summed E-state index contributed by atoms with van der Waals surface area (Å²) in [6, 6.07) is 0. The van der Waals surface area contributed by atoms with Gasteiger partial charge in [0.2, 0.25) is 0 Å². The Morgan fingerprint density at radius 3 is 2.45 bits per heavy atom. The van der Waals surface area contributed by atoms with Gasteiger partial charge in [-0.25, -0.2) is 4.79 Å². The van der Waals surface area contributed by atoms with Gasteiger partial charge in [0.25, 0.3) is 0 Å². The molecule has 186 valence electrons. The number of carboxylic acid groups (broad SMARTS) is 1. The van der Waals surface area contributed by atoms with Gasteiger partial charge in [0.15, 0.2) is 0 Å². The summed E-state index contributed by atoms with van der Waals surface area (Å²) in [4.78, 5) is 11.1. The van der Waals surface area contributed by atoms with E-state index in [4.69, 9.17) is 5.11 Å². The molecular formula is C30H48O3. The van der Waals surface area contributed by atoms with Crippen LogP contribution in [0.2, 0.25) is 0 Å². The molecule has 3 saturated carbocycles. The molecule has 4 aliphatic rings. The van der Waals surface area contributed by atoms with E-state index in [-0.39, 0.29) is 11.5 Å². The molecule has 0 saturated heterocycles. The number of aliphatic hydroxyl groups is 1. The zero-order valence-electron chi connectivity index (χ0n) is 22.2. The van der Waals surface area contributed by atoms with Gasteiger partial charge in [0.1, 0.15) is 0 Å². The van der Waals surface area contributed by atoms with Gasteiger partial charge < -0.3 is 10.2 Å². The molecule has 0 aromatic carbocycles. The van der Waals surface area contributed by atoms with Crippen LogP contribution in [-0.2, 0) is 4.79 Å². The standard InChI is InChI=1S/C30H48O3/c1-19(9-8-10-20(2)26(32)33)21-15-16-30(7)24-13-11-22-23(12-14-25(31)27(22,3)4)28(24,5)17-18-29(21,30)6/h10-11,19,21,23-25,31H,8-9,12-18H2,1-7H3,(H,32,33)/b20-10+/t19-,21-,23-,24-,25+,28+,29-,30+/m1/s1. The highest BCUT2D eigenvalue weighted by Crippen LogP contribution is 2.74. The third kappa shape index (κ3) is 3.58. The van der Waals surface area contributed by atoms with E-state index in [0.717, 1.165) is 37.5 Å². The summed E-state index contributed by atoms with van der Waals surface area (Å²) in [6.07, 6.45) is 14.7. The van der Waals surface area contributed by atoms with Crippen LogP contribution in [0.3, 0.4) is 0 Å². The van der Waals surface area contributed by atoms with Gasteiger partial charge in [-0.15, -0.1) is 0 Å². The zero-order valence-corrected chi connectivity index (χ0v) is 22.2. The van der Waals surface area contributed by atoms with Crippen LogP contribution in [0.25, 0.3) is 0 Å². The topological polar surface area (TPSA) is 57.5 Å². The van der Waals surface area contributed by atoms with Crippen molar-refractivity contribution in [2.75, 3.05) is 0 Å². The quantitative estimate of drug-likeness (QED) is 0.335. The molecule has 8 atom stereocenters. The highest BCUT2D eigenvalue weighted by molar-refractivity contribution is 5.85. The first kappa shape index (κ1) is 25.0. The van der Waals surface area contributed by atoms with Crippen molar-refractivity contribution in [3.8, 4) is 0 Å². The summed E-state index contributed by atoms with van der Waals surface area (Å²) in [7, 11) is 0. The van der Waals surface area contributed by atoms with Crippen LogP contribution >= 0.6 is 0 Å². The Morgan fingerprint density at radius 1 is 1.09 bits per heavy atom. The number of carboxylic acids is 1. The molecule has 0 radical (unpaired) electrons. The Bertz CT molecular complexity index is 853. The highest BCUT2D eigenvalue weighted by atomic mass is 16.4. The lowest BCUT2D eigenvalue weighted by atomic mass is 9.39. The molecule has 0 spiro atoms. The number of rotatable bonds is 5. The first-order valence-electron chi connectivity index (χ1n) is 13.6. The maximum absolute atomic E-state index is 11.1. The van der Waals surface area contributed by atoms with Gasteiger partial charge >= 0.3 is 5.97 Å². The molecule has 0 unspecified atom stereocenters. The third-order valence-electron chi connectivity index (χ3n) is 12.0. The lowest BCUT2D eigenvalue weighted by Crippen LogP contribution is -2.59. The molecule has 33 heavy (non-hydrogen) atoms. The van der Waals surface area contributed by atoms with E-state index in [1.54, 1.807) is 12.5 Å². The first-order chi connectivity index (χ1) is 15.3. The molecule has 3 nitrogen and oxygen atoms in total. The van der Waals surface area contributed by atoms with Crippen LogP contribution in [0.1, 0.15) is 106 Å². The molecule has 0 bridgehead atoms. The van der Waals surface area contributed by atoms with Crippen molar-refractivity contribution in [1.82, 2.24) is 0 Å². The van der Waals surface area contributed by atoms with E-state index in [9.17, 15) is 9.90 Å². The zero-order chi connectivity index (χ0) is 24.4. The van der Waals surface area contributed by atoms with Crippen LogP contribution in [0.4, 0.5) is 0 Å². The number of aliphatic hydroxyl groups excluding tert-OH is 1. The molecule has 0 aromatic heterocycles. The van der Waals surface area contributed by atoms with Crippen molar-refractivity contribution in [3.05, 3.63) is 23.3 Å². The third-order valence-corrected chi connectivity index (χ3v) is 12.0. The van der Waals surface area contributed by atoms with Gasteiger partial charge in [0, 0.05) is 11.0 Å². The first-order valence-corrected chi connectivity index (χ1v) is 13.6. The van der Waals surface area contributed by atoms with E-state index < -0.39 is 5.97 Å². The number of hydrogen-bond donors (Lipinski definition) is 2. The minimum atomic E-state index is -0.794. The second-order valence-electron chi connectivity index (χ2n) is 13.5. The average Bonchev–Trinajstić information content (AvgIpc) is 3.02. The summed E-state index contributed by atoms with van der Waals surface area (Å²) >= 11 is 0. The van der Waals surface area contributed by atoms with E-state index in [2.05, 4.69) is 47.6 Å². The predicted molar refractivity (Wildman–Crippen MR) is 135 cm³/mol. The fraction of sp³-hybridized carbons (Fsp3) is 0.833. The van der Waals surface area contributed by atoms with Crippen molar-refractivity contribution in [3.63, 3.8) is 0 Å². The maximum atomic E-state index is 11.1. The van der Waals surface area contributed by atoms with Crippen LogP contribution in [0.5, 0.6) is 0 Å². The summed E-state index contributed by atoms with van der Waals surface area (Å²) < 4.78 is 0. The van der Waals surface area contributed by atoms with Crippen LogP contribution < -0.4 is 0 Å². The predicted octanol–water partition coefficient (Wildman–Crippen LogP) is 7.40. The molecule has 3 fully saturated rings. The minimum absolute atomic E-state index is 0.0904. The summed E-state index contributed by atoms with van der Waals surface area (Å²) in [6.45, 7) is 16.5. The van der Waals surface area contributed by atoms with E-state index in [1.807, 2.05) is 6.08 Å². The van der Waals surface area contributed by atoms with E-state index in [0.29, 0.717) is 33.7 Å². The SMILES string of the molecule is C/C(=C\CC[C@@H](C)[C@H]1CC[C@@]2(C)[C@@H]3CC=C4[C@@H](CC[C@H](O)C4(C)C)[C@]3(C)CC[C@]12C)C(=O)O. The molecule has 0 amide bonds. The van der Waals surface area contributed by atoms with Crippen LogP contribution in [0, 0.1) is 45.3 Å². The molecule has 0 aromatic rings. The van der Waals surface area contributed by atoms with Crippen LogP contribution in [-0.4, -0.2) is 22.3 Å². The van der Waals surface area contributed by atoms with E-state index in [1.165, 1.54) is 32.1 Å². The molecule has 0 heterocycles. The second kappa shape index (κ2) is 8.25. The van der Waals surface area contributed by atoms with Gasteiger partial charge in [-0.3, -0.25) is 0 Å². The van der Waals surface area contributed by atoms with E-state index >= 15 is 0 Å². The molecular weight excluding hydrogens is 408 g/mol. The Labute approximate surface area is 202 Å². The fourth-order valence-corrected chi connectivity index (χ4v) is 9.48. The smallest absolute Gasteiger partial charge is 0.330 e. The van der Waals surface area contributed by atoms with Gasteiger partial charge in [-0.1, -0.05) is 59.3 Å². The Balaban J connectivity index is 1.58. The number of aliphatic carboxylic acids is 1. The molecule has 0 aliphatic heterocycles. The van der Waals surface area contributed by atoms with Gasteiger partial charge in [-0.2, -0.15) is 0 Å². The summed E-state index contributed by atoms with van der Waals surface area (Å²) in [5.41, 5.74) is 2.99. The monoisotopic (exact) mass is 456 g/mol. The van der Waals surface area contributed by atoms with Crippen molar-refractivity contribution >= 4 is 5.97 Å². The molecule has 4 aliphatic carbocycles. The summed E-state index contributed by atoms with van der Waals surface area (Å²) in [5, 5.41) is 19.9. The maximum Gasteiger partial charge on any atom is 0.330 e. The largest absolute Gasteiger partial charge is 0.478 e. The number of carbonyl (C=O) groups is 1. The van der Waals surface area contributed by atoms with Gasteiger partial charge in [-0.05, 0) is 105 Å². The average molecular weight is 457 g/mol. The Hall–Kier alpha value is -1.09. The molecule has 4 rings (SSSR count). The lowest BCUT2D eigenvalue weighted by Gasteiger charge is -2.66. The highest BCUT2D eigenvalue weighted by Gasteiger charge is 2.67. The number of hydrogen-bond acceptors (Lipinski definition) is 2. The number of allylic oxidation sites excluding steroid dienone is 2.